The Balaban J connectivity index is 1.08. The molecule has 84 heavy (non-hydrogen) atoms. The Morgan fingerprint density at radius 1 is 0.345 bits per heavy atom. The van der Waals surface area contributed by atoms with Crippen molar-refractivity contribution in [1.82, 2.24) is 0 Å². The summed E-state index contributed by atoms with van der Waals surface area (Å²) in [4.78, 5) is 0. The van der Waals surface area contributed by atoms with Gasteiger partial charge in [0.05, 0.1) is 23.9 Å². The molecule has 0 aromatic heterocycles. The molecule has 5 heterocycles. The van der Waals surface area contributed by atoms with Crippen molar-refractivity contribution >= 4 is 0 Å². The molecule has 8 aromatic carbocycles. The van der Waals surface area contributed by atoms with Gasteiger partial charge in [0.2, 0.25) is 0 Å². The van der Waals surface area contributed by atoms with E-state index in [9.17, 15) is 97.0 Å². The number of benzene rings is 8. The van der Waals surface area contributed by atoms with Crippen LogP contribution in [0.25, 0.3) is 0 Å². The molecule has 8 aromatic rings. The Labute approximate surface area is 471 Å². The summed E-state index contributed by atoms with van der Waals surface area (Å²) in [6.45, 7) is 0. The molecule has 11 atom stereocenters. The average Bonchev–Trinajstić information content (AvgIpc) is 1.16. The number of phenols is 15. The molecule has 0 saturated carbocycles. The molecule has 24 heteroatoms. The second kappa shape index (κ2) is 18.6. The lowest BCUT2D eigenvalue weighted by atomic mass is 9.70. The molecule has 0 aliphatic carbocycles. The summed E-state index contributed by atoms with van der Waals surface area (Å²) in [5.41, 5.74) is -2.68. The van der Waals surface area contributed by atoms with E-state index in [2.05, 4.69) is 0 Å². The van der Waals surface area contributed by atoms with Crippen LogP contribution in [-0.4, -0.2) is 121 Å². The van der Waals surface area contributed by atoms with E-state index in [1.54, 1.807) is 0 Å². The molecule has 0 radical (unpaired) electrons. The number of aromatic hydroxyl groups is 15. The molecule has 0 fully saturated rings. The number of ether oxygens (including phenoxy) is 5. The van der Waals surface area contributed by atoms with Gasteiger partial charge in [-0.2, -0.15) is 0 Å². The Morgan fingerprint density at radius 3 is 1.38 bits per heavy atom. The van der Waals surface area contributed by atoms with Crippen LogP contribution in [0, 0.1) is 0 Å². The number of phenolic OH excluding ortho intramolecular Hbond substituents is 15. The molecule has 19 N–H and O–H groups in total. The zero-order chi connectivity index (χ0) is 59.4. The van der Waals surface area contributed by atoms with Crippen molar-refractivity contribution in [3.8, 4) is 115 Å². The lowest BCUT2D eigenvalue weighted by Gasteiger charge is -2.51. The Hall–Kier alpha value is -10.4. The van der Waals surface area contributed by atoms with Crippen molar-refractivity contribution in [3.63, 3.8) is 0 Å². The van der Waals surface area contributed by atoms with E-state index in [1.807, 2.05) is 0 Å². The molecule has 0 saturated heterocycles. The summed E-state index contributed by atoms with van der Waals surface area (Å²) < 4.78 is 32.4. The van der Waals surface area contributed by atoms with Crippen LogP contribution in [0.2, 0.25) is 0 Å². The van der Waals surface area contributed by atoms with Gasteiger partial charge in [-0.15, -0.1) is 0 Å². The van der Waals surface area contributed by atoms with Crippen LogP contribution in [0.5, 0.6) is 115 Å². The molecule has 13 rings (SSSR count). The van der Waals surface area contributed by atoms with Gasteiger partial charge in [-0.1, -0.05) is 18.2 Å². The second-order valence-corrected chi connectivity index (χ2v) is 21.2. The van der Waals surface area contributed by atoms with E-state index in [0.717, 1.165) is 78.9 Å². The van der Waals surface area contributed by atoms with E-state index in [0.29, 0.717) is 0 Å². The fourth-order valence-electron chi connectivity index (χ4n) is 12.5. The van der Waals surface area contributed by atoms with Gasteiger partial charge < -0.3 is 121 Å². The van der Waals surface area contributed by atoms with E-state index in [4.69, 9.17) is 23.7 Å². The highest BCUT2D eigenvalue weighted by Gasteiger charge is 2.62. The van der Waals surface area contributed by atoms with Crippen LogP contribution in [-0.2, 0) is 12.2 Å². The van der Waals surface area contributed by atoms with Crippen molar-refractivity contribution in [2.75, 3.05) is 0 Å². The maximum atomic E-state index is 13.2. The fraction of sp³-hybridized carbons (Fsp3) is 0.200. The first-order valence-electron chi connectivity index (χ1n) is 25.8. The fourth-order valence-corrected chi connectivity index (χ4v) is 12.5. The largest absolute Gasteiger partial charge is 0.508 e. The number of hydrogen-bond donors (Lipinski definition) is 19. The Kier molecular flexibility index (Phi) is 11.7. The number of aliphatic hydroxyl groups excluding tert-OH is 4. The maximum Gasteiger partial charge on any atom is 0.305 e. The van der Waals surface area contributed by atoms with E-state index in [-0.39, 0.29) is 56.0 Å². The molecular weight excluding hydrogens is 1100 g/mol. The summed E-state index contributed by atoms with van der Waals surface area (Å²) in [7, 11) is 0. The normalized spacial score (nSPS) is 25.1. The minimum Gasteiger partial charge on any atom is -0.508 e. The van der Waals surface area contributed by atoms with E-state index in [1.165, 1.54) is 24.3 Å². The number of rotatable bonds is 6. The van der Waals surface area contributed by atoms with E-state index >= 15 is 0 Å². The smallest absolute Gasteiger partial charge is 0.305 e. The molecule has 24 nitrogen and oxygen atoms in total. The lowest BCUT2D eigenvalue weighted by Crippen LogP contribution is -2.57. The quantitative estimate of drug-likeness (QED) is 0.0889. The molecule has 5 aliphatic heterocycles. The van der Waals surface area contributed by atoms with Crippen molar-refractivity contribution in [1.29, 1.82) is 0 Å². The van der Waals surface area contributed by atoms with Crippen molar-refractivity contribution < 1.29 is 121 Å². The van der Waals surface area contributed by atoms with Gasteiger partial charge in [0.1, 0.15) is 93.4 Å². The molecule has 0 amide bonds. The Morgan fingerprint density at radius 2 is 0.810 bits per heavy atom. The van der Waals surface area contributed by atoms with Gasteiger partial charge in [-0.3, -0.25) is 0 Å². The van der Waals surface area contributed by atoms with Crippen LogP contribution in [0.4, 0.5) is 0 Å². The number of fused-ring (bicyclic) bond motifs is 10. The SMILES string of the molecule is Oc1cc(O)c2c(c1)O[C@H](c1ccc(O)c(O)c1)[C@H](O)[C@H]2c1c(O)cc2c(c1O)[C@@H]1c3c(cc(O)c4c3O[C@H](c3ccc(O)c(O)c3)[C@H](O)[C@H]4c3c(O)cc(O)c4c3O[C@H](c3ccc(O)c(O)c3)[C@@H](O)C4)O[C@](c3ccc(O)c(O)c3)(O2)[C@@H]1O. The monoisotopic (exact) mass is 1150 g/mol. The summed E-state index contributed by atoms with van der Waals surface area (Å²) in [5, 5.41) is 218. The van der Waals surface area contributed by atoms with Gasteiger partial charge in [0, 0.05) is 81.3 Å². The highest BCUT2D eigenvalue weighted by Crippen LogP contribution is 2.67. The zero-order valence-electron chi connectivity index (χ0n) is 42.8. The molecule has 0 spiro atoms. The van der Waals surface area contributed by atoms with Gasteiger partial charge in [-0.25, -0.2) is 0 Å². The van der Waals surface area contributed by atoms with Crippen LogP contribution in [0.3, 0.4) is 0 Å². The number of hydrogen-bond acceptors (Lipinski definition) is 24. The minimum atomic E-state index is -2.58. The first-order chi connectivity index (χ1) is 40.0. The lowest BCUT2D eigenvalue weighted by molar-refractivity contribution is -0.219. The molecule has 5 aliphatic rings. The summed E-state index contributed by atoms with van der Waals surface area (Å²) >= 11 is 0. The second-order valence-electron chi connectivity index (χ2n) is 21.2. The van der Waals surface area contributed by atoms with Gasteiger partial charge in [-0.05, 0) is 71.3 Å². The zero-order valence-corrected chi connectivity index (χ0v) is 42.8. The standard InChI is InChI=1S/C60H48O24/c61-23-13-34(71)42-39(14-23)80-55(20-2-6-26(63)31(68)10-20)52(77)48(42)43-36(73)17-40-46(51(43)76)50-47-41(84-60(83-40,59(50)79)22-4-8-28(65)33(70)12-22)18-37(74)45-49(53(78)56(82-58(45)47)21-3-7-27(64)32(69)11-21)44-35(72)16-29(66)24-15-38(75)54(81-57(24)44)19-1-5-25(62)30(67)9-19/h1-14,16-18,38,48-50,52-56,59,61-79H,15H2/t38-,48+,49-,50+,52+,53+,54+,55+,56+,59+,60-/m0/s1. The first kappa shape index (κ1) is 52.9. The molecule has 432 valence electrons. The summed E-state index contributed by atoms with van der Waals surface area (Å²) in [6.07, 6.45) is -12.7. The first-order valence-corrected chi connectivity index (χ1v) is 25.8. The van der Waals surface area contributed by atoms with Crippen LogP contribution in [0.15, 0.2) is 103 Å². The van der Waals surface area contributed by atoms with Gasteiger partial charge >= 0.3 is 5.79 Å². The highest BCUT2D eigenvalue weighted by atomic mass is 16.7. The third-order valence-corrected chi connectivity index (χ3v) is 16.4. The topological polar surface area (TPSA) is 431 Å². The summed E-state index contributed by atoms with van der Waals surface area (Å²) in [6, 6.07) is 18.4. The van der Waals surface area contributed by atoms with Gasteiger partial charge in [0.25, 0.3) is 0 Å². The van der Waals surface area contributed by atoms with Crippen LogP contribution >= 0.6 is 0 Å². The maximum absolute atomic E-state index is 13.2. The summed E-state index contributed by atoms with van der Waals surface area (Å²) in [5.74, 6) is -20.2. The predicted molar refractivity (Wildman–Crippen MR) is 283 cm³/mol. The van der Waals surface area contributed by atoms with Crippen molar-refractivity contribution in [3.05, 3.63) is 164 Å². The van der Waals surface area contributed by atoms with Crippen molar-refractivity contribution in [2.24, 2.45) is 0 Å². The molecule has 2 bridgehead atoms. The third-order valence-electron chi connectivity index (χ3n) is 16.4. The number of aliphatic hydroxyl groups is 4. The van der Waals surface area contributed by atoms with E-state index < -0.39 is 193 Å². The highest BCUT2D eigenvalue weighted by molar-refractivity contribution is 5.74. The molecular formula is C60H48O24. The average molecular weight is 1150 g/mol. The van der Waals surface area contributed by atoms with Crippen molar-refractivity contribution in [2.45, 2.75) is 72.7 Å². The van der Waals surface area contributed by atoms with Crippen LogP contribution < -0.4 is 23.7 Å². The minimum absolute atomic E-state index is 0.0155. The predicted octanol–water partition coefficient (Wildman–Crippen LogP) is 5.69. The Bertz CT molecular complexity index is 4110. The van der Waals surface area contributed by atoms with Gasteiger partial charge in [0.15, 0.2) is 58.2 Å². The third kappa shape index (κ3) is 7.68. The van der Waals surface area contributed by atoms with Crippen LogP contribution in [0.1, 0.15) is 97.3 Å². The molecule has 0 unspecified atom stereocenters.